The van der Waals surface area contributed by atoms with Crippen molar-refractivity contribution in [3.05, 3.63) is 60.1 Å². The Bertz CT molecular complexity index is 463. The summed E-state index contributed by atoms with van der Waals surface area (Å²) >= 11 is 0. The quantitative estimate of drug-likeness (QED) is 0.807. The lowest BCUT2D eigenvalue weighted by Crippen LogP contribution is -2.32. The number of likely N-dealkylation sites (tertiary alicyclic amines) is 1. The van der Waals surface area contributed by atoms with Gasteiger partial charge < -0.3 is 4.42 Å². The minimum atomic E-state index is 0.526. The highest BCUT2D eigenvalue weighted by Crippen LogP contribution is 2.32. The lowest BCUT2D eigenvalue weighted by Gasteiger charge is -2.35. The number of hydrogen-bond donors (Lipinski definition) is 0. The molecule has 1 atom stereocenters. The van der Waals surface area contributed by atoms with E-state index in [-0.39, 0.29) is 0 Å². The van der Waals surface area contributed by atoms with Gasteiger partial charge in [-0.25, -0.2) is 0 Å². The summed E-state index contributed by atoms with van der Waals surface area (Å²) in [5, 5.41) is 0. The van der Waals surface area contributed by atoms with Crippen molar-refractivity contribution in [1.29, 1.82) is 0 Å². The van der Waals surface area contributed by atoms with Crippen molar-refractivity contribution in [2.24, 2.45) is 0 Å². The van der Waals surface area contributed by atoms with Gasteiger partial charge in [-0.2, -0.15) is 0 Å². The van der Waals surface area contributed by atoms with Gasteiger partial charge in [0, 0.05) is 18.2 Å². The zero-order valence-electron chi connectivity index (χ0n) is 10.6. The van der Waals surface area contributed by atoms with Crippen LogP contribution in [-0.4, -0.2) is 11.4 Å². The third-order valence-corrected chi connectivity index (χ3v) is 3.77. The van der Waals surface area contributed by atoms with Gasteiger partial charge in [0.2, 0.25) is 0 Å². The lowest BCUT2D eigenvalue weighted by molar-refractivity contribution is 0.140. The van der Waals surface area contributed by atoms with Gasteiger partial charge in [-0.05, 0) is 31.0 Å². The molecule has 0 bridgehead atoms. The van der Waals surface area contributed by atoms with Crippen LogP contribution in [0.25, 0.3) is 0 Å². The van der Waals surface area contributed by atoms with Crippen molar-refractivity contribution in [3.63, 3.8) is 0 Å². The van der Waals surface area contributed by atoms with E-state index in [2.05, 4.69) is 41.3 Å². The maximum atomic E-state index is 5.24. The van der Waals surface area contributed by atoms with E-state index in [1.807, 2.05) is 6.26 Å². The molecule has 1 aliphatic heterocycles. The van der Waals surface area contributed by atoms with E-state index in [0.29, 0.717) is 6.04 Å². The minimum Gasteiger partial charge on any atom is -0.472 e. The van der Waals surface area contributed by atoms with Gasteiger partial charge in [0.15, 0.2) is 0 Å². The molecule has 1 fully saturated rings. The first kappa shape index (κ1) is 11.5. The zero-order valence-corrected chi connectivity index (χ0v) is 10.6. The third kappa shape index (κ3) is 2.49. The van der Waals surface area contributed by atoms with Gasteiger partial charge in [-0.15, -0.1) is 0 Å². The van der Waals surface area contributed by atoms with E-state index < -0.39 is 0 Å². The fourth-order valence-corrected chi connectivity index (χ4v) is 2.84. The van der Waals surface area contributed by atoms with Crippen LogP contribution in [0.4, 0.5) is 0 Å². The summed E-state index contributed by atoms with van der Waals surface area (Å²) in [5.41, 5.74) is 2.72. The van der Waals surface area contributed by atoms with Crippen LogP contribution in [0.3, 0.4) is 0 Å². The van der Waals surface area contributed by atoms with Crippen LogP contribution in [0.15, 0.2) is 53.3 Å². The Morgan fingerprint density at radius 1 is 1.11 bits per heavy atom. The number of benzene rings is 1. The average molecular weight is 241 g/mol. The highest BCUT2D eigenvalue weighted by molar-refractivity contribution is 5.17. The van der Waals surface area contributed by atoms with E-state index in [4.69, 9.17) is 4.42 Å². The molecule has 1 aromatic carbocycles. The molecule has 2 heteroatoms. The summed E-state index contributed by atoms with van der Waals surface area (Å²) in [4.78, 5) is 2.57. The molecular weight excluding hydrogens is 222 g/mol. The van der Waals surface area contributed by atoms with Crippen LogP contribution in [0, 0.1) is 0 Å². The molecule has 0 amide bonds. The maximum Gasteiger partial charge on any atom is 0.0950 e. The summed E-state index contributed by atoms with van der Waals surface area (Å²) in [5.74, 6) is 0. The van der Waals surface area contributed by atoms with Gasteiger partial charge in [0.1, 0.15) is 0 Å². The summed E-state index contributed by atoms with van der Waals surface area (Å²) in [6.07, 6.45) is 7.55. The van der Waals surface area contributed by atoms with Crippen molar-refractivity contribution in [2.75, 3.05) is 6.54 Å². The van der Waals surface area contributed by atoms with Crippen molar-refractivity contribution in [2.45, 2.75) is 31.8 Å². The van der Waals surface area contributed by atoms with Gasteiger partial charge in [0.25, 0.3) is 0 Å². The second kappa shape index (κ2) is 5.40. The molecule has 1 aromatic heterocycles. The molecule has 18 heavy (non-hydrogen) atoms. The molecule has 0 unspecified atom stereocenters. The van der Waals surface area contributed by atoms with Gasteiger partial charge >= 0.3 is 0 Å². The van der Waals surface area contributed by atoms with E-state index in [1.165, 1.54) is 36.9 Å². The van der Waals surface area contributed by atoms with E-state index >= 15 is 0 Å². The number of nitrogens with zero attached hydrogens (tertiary/aromatic N) is 1. The van der Waals surface area contributed by atoms with E-state index in [1.54, 1.807) is 6.26 Å². The fourth-order valence-electron chi connectivity index (χ4n) is 2.84. The van der Waals surface area contributed by atoms with Crippen LogP contribution < -0.4 is 0 Å². The van der Waals surface area contributed by atoms with Gasteiger partial charge in [-0.1, -0.05) is 36.8 Å². The minimum absolute atomic E-state index is 0.526. The number of piperidine rings is 1. The molecule has 1 saturated heterocycles. The van der Waals surface area contributed by atoms with Crippen LogP contribution in [0.1, 0.15) is 36.4 Å². The second-order valence-corrected chi connectivity index (χ2v) is 5.02. The van der Waals surface area contributed by atoms with Crippen LogP contribution in [-0.2, 0) is 6.54 Å². The molecule has 2 heterocycles. The highest BCUT2D eigenvalue weighted by atomic mass is 16.3. The maximum absolute atomic E-state index is 5.24. The van der Waals surface area contributed by atoms with Gasteiger partial charge in [-0.3, -0.25) is 4.90 Å². The van der Waals surface area contributed by atoms with Gasteiger partial charge in [0.05, 0.1) is 12.5 Å². The smallest absolute Gasteiger partial charge is 0.0950 e. The predicted octanol–water partition coefficient (Wildman–Crippen LogP) is 4.01. The largest absolute Gasteiger partial charge is 0.472 e. The molecule has 3 rings (SSSR count). The van der Waals surface area contributed by atoms with Crippen molar-refractivity contribution in [3.8, 4) is 0 Å². The first-order valence-electron chi connectivity index (χ1n) is 6.73. The average Bonchev–Trinajstić information content (AvgIpc) is 2.94. The molecular formula is C16H19NO. The Hall–Kier alpha value is -1.54. The van der Waals surface area contributed by atoms with E-state index in [9.17, 15) is 0 Å². The molecule has 94 valence electrons. The summed E-state index contributed by atoms with van der Waals surface area (Å²) in [7, 11) is 0. The Labute approximate surface area is 108 Å². The topological polar surface area (TPSA) is 16.4 Å². The molecule has 2 aromatic rings. The molecule has 2 nitrogen and oxygen atoms in total. The van der Waals surface area contributed by atoms with Crippen molar-refractivity contribution >= 4 is 0 Å². The Balaban J connectivity index is 1.76. The first-order valence-corrected chi connectivity index (χ1v) is 6.73. The van der Waals surface area contributed by atoms with Crippen molar-refractivity contribution in [1.82, 2.24) is 4.90 Å². The SMILES string of the molecule is c1ccc(CN2CCCC[C@H]2c2ccoc2)cc1. The molecule has 1 aliphatic rings. The Kier molecular flexibility index (Phi) is 3.47. The van der Waals surface area contributed by atoms with Crippen LogP contribution in [0.5, 0.6) is 0 Å². The molecule has 0 saturated carbocycles. The monoisotopic (exact) mass is 241 g/mol. The third-order valence-electron chi connectivity index (χ3n) is 3.77. The van der Waals surface area contributed by atoms with Crippen LogP contribution >= 0.6 is 0 Å². The predicted molar refractivity (Wildman–Crippen MR) is 72.2 cm³/mol. The molecule has 0 aliphatic carbocycles. The Morgan fingerprint density at radius 2 is 2.00 bits per heavy atom. The summed E-state index contributed by atoms with van der Waals surface area (Å²) in [6.45, 7) is 2.22. The number of furan rings is 1. The zero-order chi connectivity index (χ0) is 12.2. The Morgan fingerprint density at radius 3 is 2.78 bits per heavy atom. The number of hydrogen-bond acceptors (Lipinski definition) is 2. The fraction of sp³-hybridized carbons (Fsp3) is 0.375. The summed E-state index contributed by atoms with van der Waals surface area (Å²) < 4.78 is 5.24. The first-order chi connectivity index (χ1) is 8.93. The second-order valence-electron chi connectivity index (χ2n) is 5.02. The van der Waals surface area contributed by atoms with E-state index in [0.717, 1.165) is 6.54 Å². The summed E-state index contributed by atoms with van der Waals surface area (Å²) in [6, 6.07) is 13.4. The normalized spacial score (nSPS) is 21.0. The molecule has 0 N–H and O–H groups in total. The molecule has 0 spiro atoms. The number of rotatable bonds is 3. The lowest BCUT2D eigenvalue weighted by atomic mass is 9.96. The molecule has 0 radical (unpaired) electrons. The van der Waals surface area contributed by atoms with Crippen molar-refractivity contribution < 1.29 is 4.42 Å². The standard InChI is InChI=1S/C16H19NO/c1-2-6-14(7-3-1)12-17-10-5-4-8-16(17)15-9-11-18-13-15/h1-3,6-7,9,11,13,16H,4-5,8,10,12H2/t16-/m0/s1. The van der Waals surface area contributed by atoms with Crippen LogP contribution in [0.2, 0.25) is 0 Å². The highest BCUT2D eigenvalue weighted by Gasteiger charge is 2.24.